The van der Waals surface area contributed by atoms with Crippen LogP contribution in [0.15, 0.2) is 54.6 Å². The first kappa shape index (κ1) is 26.6. The van der Waals surface area contributed by atoms with Crippen LogP contribution in [0.5, 0.6) is 0 Å². The molecule has 0 radical (unpaired) electrons. The number of hydrogen-bond donors (Lipinski definition) is 1. The second-order valence-corrected chi connectivity index (χ2v) is 11.4. The highest BCUT2D eigenvalue weighted by molar-refractivity contribution is 6.00. The van der Waals surface area contributed by atoms with Crippen molar-refractivity contribution in [3.8, 4) is 0 Å². The normalized spacial score (nSPS) is 32.5. The number of amides is 3. The van der Waals surface area contributed by atoms with Crippen molar-refractivity contribution in [2.45, 2.75) is 69.9 Å². The molecule has 5 rings (SSSR count). The Hall–Kier alpha value is -2.97. The van der Waals surface area contributed by atoms with E-state index in [1.165, 1.54) is 0 Å². The molecule has 0 aliphatic carbocycles. The van der Waals surface area contributed by atoms with Gasteiger partial charge in [-0.1, -0.05) is 54.6 Å². The fourth-order valence-corrected chi connectivity index (χ4v) is 6.81. The topological polar surface area (TPSA) is 90.4 Å². The van der Waals surface area contributed by atoms with Crippen LogP contribution >= 0.6 is 0 Å². The number of carbonyl (C=O) groups excluding carboxylic acids is 3. The monoisotopic (exact) mass is 521 g/mol. The summed E-state index contributed by atoms with van der Waals surface area (Å²) in [6.45, 7) is 7.60. The average Bonchev–Trinajstić information content (AvgIpc) is 3.15. The second-order valence-electron chi connectivity index (χ2n) is 11.4. The van der Waals surface area contributed by atoms with E-state index in [0.717, 1.165) is 12.0 Å². The lowest BCUT2D eigenvalue weighted by Gasteiger charge is -2.38. The molecule has 204 valence electrons. The molecule has 38 heavy (non-hydrogen) atoms. The Morgan fingerprint density at radius 1 is 0.947 bits per heavy atom. The molecule has 2 fully saturated rings. The molecule has 4 aliphatic rings. The van der Waals surface area contributed by atoms with E-state index >= 15 is 0 Å². The Morgan fingerprint density at radius 2 is 1.68 bits per heavy atom. The molecule has 2 saturated heterocycles. The molecule has 0 aromatic heterocycles. The standard InChI is InChI=1S/C30H39N3O5/c1-21(2)32-18-11-15-30-24(27(36)33(25(30)28(32)37)17-8-5-9-19-34)23-26(35)31(16-10-14-29(23,3)38-30)20-22-12-6-4-7-13-22/h4,6-7,10-15,21,23-25,34H,5,8-9,16-20H2,1-3H3/t23-,24+,25?,29+,30+/m1/s1. The number of hydrogen-bond acceptors (Lipinski definition) is 5. The maximum atomic E-state index is 14.3. The first-order chi connectivity index (χ1) is 18.2. The van der Waals surface area contributed by atoms with Gasteiger partial charge in [0, 0.05) is 38.8 Å². The lowest BCUT2D eigenvalue weighted by Crippen LogP contribution is -2.57. The van der Waals surface area contributed by atoms with E-state index < -0.39 is 29.1 Å². The highest BCUT2D eigenvalue weighted by Crippen LogP contribution is 2.57. The third-order valence-electron chi connectivity index (χ3n) is 8.57. The molecule has 1 N–H and O–H groups in total. The van der Waals surface area contributed by atoms with Crippen LogP contribution in [0.1, 0.15) is 45.6 Å². The SMILES string of the molecule is CC(C)N1CC=C[C@]23O[C@@]4(C)C=CCN(Cc5ccccc5)C(=O)[C@H]4[C@H]2C(=O)N(CCCCCO)C3C1=O. The Kier molecular flexibility index (Phi) is 7.22. The maximum absolute atomic E-state index is 14.3. The zero-order valence-electron chi connectivity index (χ0n) is 22.6. The van der Waals surface area contributed by atoms with Crippen molar-refractivity contribution in [3.05, 3.63) is 60.2 Å². The molecule has 1 spiro atoms. The number of likely N-dealkylation sites (tertiary alicyclic amines) is 1. The number of carbonyl (C=O) groups is 3. The number of nitrogens with zero attached hydrogens (tertiary/aromatic N) is 3. The summed E-state index contributed by atoms with van der Waals surface area (Å²) in [6, 6.07) is 8.96. The van der Waals surface area contributed by atoms with Gasteiger partial charge in [0.05, 0.1) is 17.4 Å². The largest absolute Gasteiger partial charge is 0.396 e. The van der Waals surface area contributed by atoms with Gasteiger partial charge < -0.3 is 24.5 Å². The number of aliphatic hydroxyl groups excluding tert-OH is 1. The van der Waals surface area contributed by atoms with Crippen LogP contribution in [0, 0.1) is 11.8 Å². The Bertz CT molecular complexity index is 1130. The Morgan fingerprint density at radius 3 is 2.39 bits per heavy atom. The summed E-state index contributed by atoms with van der Waals surface area (Å²) in [4.78, 5) is 47.8. The molecule has 8 nitrogen and oxygen atoms in total. The minimum atomic E-state index is -1.22. The van der Waals surface area contributed by atoms with E-state index in [1.54, 1.807) is 14.7 Å². The molecule has 1 aromatic rings. The van der Waals surface area contributed by atoms with Gasteiger partial charge in [-0.3, -0.25) is 14.4 Å². The van der Waals surface area contributed by atoms with Gasteiger partial charge in [0.15, 0.2) is 0 Å². The summed E-state index contributed by atoms with van der Waals surface area (Å²) in [5.41, 5.74) is -1.21. The molecular formula is C30H39N3O5. The lowest BCUT2D eigenvalue weighted by molar-refractivity contribution is -0.153. The van der Waals surface area contributed by atoms with E-state index in [2.05, 4.69) is 0 Å². The molecule has 4 heterocycles. The number of rotatable bonds is 8. The predicted octanol–water partition coefficient (Wildman–Crippen LogP) is 2.53. The van der Waals surface area contributed by atoms with Crippen LogP contribution in [0.3, 0.4) is 0 Å². The lowest BCUT2D eigenvalue weighted by atomic mass is 9.74. The number of unbranched alkanes of at least 4 members (excludes halogenated alkanes) is 2. The van der Waals surface area contributed by atoms with Crippen molar-refractivity contribution in [2.75, 3.05) is 26.2 Å². The van der Waals surface area contributed by atoms with E-state index in [4.69, 9.17) is 4.74 Å². The van der Waals surface area contributed by atoms with Gasteiger partial charge in [0.2, 0.25) is 17.7 Å². The molecule has 3 amide bonds. The fraction of sp³-hybridized carbons (Fsp3) is 0.567. The van der Waals surface area contributed by atoms with Crippen molar-refractivity contribution >= 4 is 17.7 Å². The summed E-state index contributed by atoms with van der Waals surface area (Å²) >= 11 is 0. The van der Waals surface area contributed by atoms with Crippen LogP contribution in [-0.4, -0.2) is 87.1 Å². The summed E-state index contributed by atoms with van der Waals surface area (Å²) < 4.78 is 6.85. The van der Waals surface area contributed by atoms with Crippen molar-refractivity contribution in [1.82, 2.24) is 14.7 Å². The highest BCUT2D eigenvalue weighted by Gasteiger charge is 2.74. The third-order valence-corrected chi connectivity index (χ3v) is 8.57. The predicted molar refractivity (Wildman–Crippen MR) is 143 cm³/mol. The molecule has 0 bridgehead atoms. The van der Waals surface area contributed by atoms with Gasteiger partial charge in [-0.2, -0.15) is 0 Å². The molecule has 1 unspecified atom stereocenters. The number of benzene rings is 1. The van der Waals surface area contributed by atoms with Crippen LogP contribution in [0.4, 0.5) is 0 Å². The van der Waals surface area contributed by atoms with E-state index in [9.17, 15) is 19.5 Å². The fourth-order valence-electron chi connectivity index (χ4n) is 6.81. The first-order valence-electron chi connectivity index (χ1n) is 13.8. The molecule has 1 aromatic carbocycles. The van der Waals surface area contributed by atoms with Gasteiger partial charge in [-0.25, -0.2) is 0 Å². The minimum absolute atomic E-state index is 0.0435. The first-order valence-corrected chi connectivity index (χ1v) is 13.8. The van der Waals surface area contributed by atoms with Crippen LogP contribution in [0.2, 0.25) is 0 Å². The summed E-state index contributed by atoms with van der Waals surface area (Å²) in [5.74, 6) is -2.00. The molecule has 8 heteroatoms. The summed E-state index contributed by atoms with van der Waals surface area (Å²) in [6.07, 6.45) is 9.76. The molecule has 4 aliphatic heterocycles. The van der Waals surface area contributed by atoms with Crippen LogP contribution in [0.25, 0.3) is 0 Å². The number of fused-ring (bicyclic) bond motifs is 2. The van der Waals surface area contributed by atoms with Crippen LogP contribution < -0.4 is 0 Å². The average molecular weight is 522 g/mol. The van der Waals surface area contributed by atoms with Crippen LogP contribution in [-0.2, 0) is 25.7 Å². The van der Waals surface area contributed by atoms with E-state index in [0.29, 0.717) is 39.0 Å². The van der Waals surface area contributed by atoms with Crippen molar-refractivity contribution < 1.29 is 24.2 Å². The van der Waals surface area contributed by atoms with Gasteiger partial charge in [0.1, 0.15) is 11.6 Å². The Balaban J connectivity index is 1.55. The van der Waals surface area contributed by atoms with Gasteiger partial charge >= 0.3 is 0 Å². The quantitative estimate of drug-likeness (QED) is 0.420. The van der Waals surface area contributed by atoms with Gasteiger partial charge in [0.25, 0.3) is 0 Å². The van der Waals surface area contributed by atoms with Crippen molar-refractivity contribution in [1.29, 1.82) is 0 Å². The summed E-state index contributed by atoms with van der Waals surface area (Å²) in [7, 11) is 0. The zero-order chi connectivity index (χ0) is 27.1. The maximum Gasteiger partial charge on any atom is 0.249 e. The zero-order valence-corrected chi connectivity index (χ0v) is 22.6. The second kappa shape index (κ2) is 10.3. The smallest absolute Gasteiger partial charge is 0.249 e. The van der Waals surface area contributed by atoms with Crippen molar-refractivity contribution in [3.63, 3.8) is 0 Å². The third kappa shape index (κ3) is 4.28. The van der Waals surface area contributed by atoms with Gasteiger partial charge in [-0.05, 0) is 45.6 Å². The van der Waals surface area contributed by atoms with E-state index in [1.807, 2.05) is 75.4 Å². The Labute approximate surface area is 224 Å². The van der Waals surface area contributed by atoms with Gasteiger partial charge in [-0.15, -0.1) is 0 Å². The number of aliphatic hydroxyl groups is 1. The minimum Gasteiger partial charge on any atom is -0.396 e. The molecule has 5 atom stereocenters. The summed E-state index contributed by atoms with van der Waals surface area (Å²) in [5, 5.41) is 9.23. The highest BCUT2D eigenvalue weighted by atomic mass is 16.5. The van der Waals surface area contributed by atoms with E-state index in [-0.39, 0.29) is 30.4 Å². The molecule has 0 saturated carbocycles. The van der Waals surface area contributed by atoms with Crippen molar-refractivity contribution in [2.24, 2.45) is 11.8 Å². The molecular weight excluding hydrogens is 482 g/mol. The number of ether oxygens (including phenoxy) is 1.